The van der Waals surface area contributed by atoms with Crippen LogP contribution in [-0.2, 0) is 14.8 Å². The lowest BCUT2D eigenvalue weighted by Crippen LogP contribution is -2.24. The third kappa shape index (κ3) is 3.94. The van der Waals surface area contributed by atoms with E-state index in [9.17, 15) is 13.2 Å². The molecular weight excluding hydrogens is 350 g/mol. The van der Waals surface area contributed by atoms with Gasteiger partial charge in [0.1, 0.15) is 0 Å². The quantitative estimate of drug-likeness (QED) is 0.897. The van der Waals surface area contributed by atoms with Gasteiger partial charge < -0.3 is 0 Å². The molecule has 26 heavy (non-hydrogen) atoms. The predicted octanol–water partition coefficient (Wildman–Crippen LogP) is 3.06. The van der Waals surface area contributed by atoms with Crippen molar-refractivity contribution in [2.24, 2.45) is 5.10 Å². The summed E-state index contributed by atoms with van der Waals surface area (Å²) in [5.74, 6) is -0.154. The zero-order valence-electron chi connectivity index (χ0n) is 14.9. The fraction of sp³-hybridized carbons (Fsp3) is 0.263. The number of hydrogen-bond donors (Lipinski definition) is 1. The molecule has 136 valence electrons. The van der Waals surface area contributed by atoms with Crippen molar-refractivity contribution in [3.05, 3.63) is 65.2 Å². The Hall–Kier alpha value is -2.67. The molecule has 2 aromatic carbocycles. The number of amides is 1. The first kappa shape index (κ1) is 18.1. The van der Waals surface area contributed by atoms with Gasteiger partial charge in [0.05, 0.1) is 23.7 Å². The van der Waals surface area contributed by atoms with Crippen molar-refractivity contribution >= 4 is 27.3 Å². The van der Waals surface area contributed by atoms with Gasteiger partial charge in [-0.1, -0.05) is 48.0 Å². The topological polar surface area (TPSA) is 78.8 Å². The van der Waals surface area contributed by atoms with E-state index in [2.05, 4.69) is 9.82 Å². The van der Waals surface area contributed by atoms with E-state index in [1.807, 2.05) is 43.3 Å². The van der Waals surface area contributed by atoms with Gasteiger partial charge in [-0.3, -0.25) is 9.52 Å². The van der Waals surface area contributed by atoms with E-state index in [0.29, 0.717) is 23.4 Å². The van der Waals surface area contributed by atoms with Crippen molar-refractivity contribution in [1.82, 2.24) is 5.01 Å². The van der Waals surface area contributed by atoms with Gasteiger partial charge in [-0.15, -0.1) is 0 Å². The second kappa shape index (κ2) is 6.92. The summed E-state index contributed by atoms with van der Waals surface area (Å²) >= 11 is 0. The summed E-state index contributed by atoms with van der Waals surface area (Å²) in [6.45, 7) is 3.49. The molecule has 0 spiro atoms. The van der Waals surface area contributed by atoms with Gasteiger partial charge in [0.2, 0.25) is 15.9 Å². The van der Waals surface area contributed by atoms with E-state index in [4.69, 9.17) is 0 Å². The van der Waals surface area contributed by atoms with Crippen LogP contribution in [0.2, 0.25) is 0 Å². The highest BCUT2D eigenvalue weighted by Gasteiger charge is 2.32. The second-order valence-electron chi connectivity index (χ2n) is 6.46. The van der Waals surface area contributed by atoms with Gasteiger partial charge in [0.25, 0.3) is 0 Å². The number of sulfonamides is 1. The molecule has 0 saturated carbocycles. The van der Waals surface area contributed by atoms with Crippen molar-refractivity contribution in [3.63, 3.8) is 0 Å². The summed E-state index contributed by atoms with van der Waals surface area (Å²) in [6.07, 6.45) is 1.63. The van der Waals surface area contributed by atoms with Gasteiger partial charge in [-0.25, -0.2) is 13.4 Å². The number of carbonyl (C=O) groups excluding carboxylic acids is 1. The lowest BCUT2D eigenvalue weighted by atomic mass is 9.97. The average molecular weight is 371 g/mol. The van der Waals surface area contributed by atoms with E-state index in [1.54, 1.807) is 12.1 Å². The van der Waals surface area contributed by atoms with E-state index < -0.39 is 10.0 Å². The summed E-state index contributed by atoms with van der Waals surface area (Å²) in [5.41, 5.74) is 3.96. The van der Waals surface area contributed by atoms with Crippen LogP contribution < -0.4 is 4.72 Å². The summed E-state index contributed by atoms with van der Waals surface area (Å²) in [6, 6.07) is 14.9. The molecule has 1 atom stereocenters. The highest BCUT2D eigenvalue weighted by atomic mass is 32.2. The molecule has 1 aliphatic rings. The zero-order chi connectivity index (χ0) is 18.9. The van der Waals surface area contributed by atoms with Crippen LogP contribution in [0.5, 0.6) is 0 Å². The van der Waals surface area contributed by atoms with Crippen molar-refractivity contribution in [3.8, 4) is 0 Å². The standard InChI is InChI=1S/C19H21N3O3S/c1-13-8-10-15(11-9-13)19-12-18(20-22(19)14(2)23)16-6-4-5-7-17(16)21-26(3,24)25/h4-11,19,21H,12H2,1-3H3. The number of nitrogens with one attached hydrogen (secondary N) is 1. The minimum absolute atomic E-state index is 0.154. The SMILES string of the molecule is CC(=O)N1N=C(c2ccccc2NS(C)(=O)=O)CC1c1ccc(C)cc1. The number of benzene rings is 2. The molecule has 1 N–H and O–H groups in total. The maximum Gasteiger partial charge on any atom is 0.240 e. The largest absolute Gasteiger partial charge is 0.283 e. The van der Waals surface area contributed by atoms with Gasteiger partial charge in [0, 0.05) is 18.9 Å². The summed E-state index contributed by atoms with van der Waals surface area (Å²) in [4.78, 5) is 12.1. The fourth-order valence-electron chi connectivity index (χ4n) is 3.04. The number of aryl methyl sites for hydroxylation is 1. The van der Waals surface area contributed by atoms with Crippen LogP contribution in [0.4, 0.5) is 5.69 Å². The average Bonchev–Trinajstić information content (AvgIpc) is 3.00. The van der Waals surface area contributed by atoms with Crippen LogP contribution in [0.3, 0.4) is 0 Å². The number of carbonyl (C=O) groups is 1. The number of hydrazone groups is 1. The Kier molecular flexibility index (Phi) is 4.82. The summed E-state index contributed by atoms with van der Waals surface area (Å²) in [5, 5.41) is 5.96. The molecule has 0 aliphatic carbocycles. The Balaban J connectivity index is 1.98. The Morgan fingerprint density at radius 1 is 1.15 bits per heavy atom. The number of para-hydroxylation sites is 1. The molecule has 0 bridgehead atoms. The minimum Gasteiger partial charge on any atom is -0.283 e. The number of nitrogens with zero attached hydrogens (tertiary/aromatic N) is 2. The first-order valence-corrected chi connectivity index (χ1v) is 10.1. The lowest BCUT2D eigenvalue weighted by Gasteiger charge is -2.20. The van der Waals surface area contributed by atoms with Crippen LogP contribution >= 0.6 is 0 Å². The van der Waals surface area contributed by atoms with Crippen molar-refractivity contribution in [2.75, 3.05) is 11.0 Å². The maximum atomic E-state index is 12.1. The first-order chi connectivity index (χ1) is 12.2. The summed E-state index contributed by atoms with van der Waals surface area (Å²) < 4.78 is 25.8. The summed E-state index contributed by atoms with van der Waals surface area (Å²) in [7, 11) is -3.42. The number of hydrogen-bond acceptors (Lipinski definition) is 4. The van der Waals surface area contributed by atoms with E-state index in [1.165, 1.54) is 11.9 Å². The molecule has 6 nitrogen and oxygen atoms in total. The third-order valence-corrected chi connectivity index (χ3v) is 4.82. The first-order valence-electron chi connectivity index (χ1n) is 8.25. The highest BCUT2D eigenvalue weighted by molar-refractivity contribution is 7.92. The molecule has 1 amide bonds. The van der Waals surface area contributed by atoms with Crippen LogP contribution in [-0.4, -0.2) is 31.3 Å². The van der Waals surface area contributed by atoms with Crippen LogP contribution in [0.1, 0.15) is 36.1 Å². The van der Waals surface area contributed by atoms with Gasteiger partial charge in [0.15, 0.2) is 0 Å². The number of anilines is 1. The molecule has 1 heterocycles. The molecule has 0 radical (unpaired) electrons. The van der Waals surface area contributed by atoms with Crippen molar-refractivity contribution in [1.29, 1.82) is 0 Å². The molecular formula is C19H21N3O3S. The van der Waals surface area contributed by atoms with Gasteiger partial charge in [-0.05, 0) is 18.6 Å². The van der Waals surface area contributed by atoms with Crippen molar-refractivity contribution in [2.45, 2.75) is 26.3 Å². The second-order valence-corrected chi connectivity index (χ2v) is 8.21. The molecule has 1 unspecified atom stereocenters. The Morgan fingerprint density at radius 2 is 1.81 bits per heavy atom. The minimum atomic E-state index is -3.42. The van der Waals surface area contributed by atoms with E-state index in [0.717, 1.165) is 17.4 Å². The fourth-order valence-corrected chi connectivity index (χ4v) is 3.61. The van der Waals surface area contributed by atoms with Crippen LogP contribution in [0, 0.1) is 6.92 Å². The molecule has 3 rings (SSSR count). The molecule has 1 aliphatic heterocycles. The zero-order valence-corrected chi connectivity index (χ0v) is 15.7. The molecule has 0 saturated heterocycles. The van der Waals surface area contributed by atoms with Crippen LogP contribution in [0.15, 0.2) is 53.6 Å². The van der Waals surface area contributed by atoms with Gasteiger partial charge >= 0.3 is 0 Å². The normalized spacial score (nSPS) is 17.1. The highest BCUT2D eigenvalue weighted by Crippen LogP contribution is 2.34. The molecule has 2 aromatic rings. The van der Waals surface area contributed by atoms with Crippen LogP contribution in [0.25, 0.3) is 0 Å². The Morgan fingerprint density at radius 3 is 2.42 bits per heavy atom. The maximum absolute atomic E-state index is 12.1. The van der Waals surface area contributed by atoms with Gasteiger partial charge in [-0.2, -0.15) is 5.10 Å². The van der Waals surface area contributed by atoms with E-state index >= 15 is 0 Å². The van der Waals surface area contributed by atoms with E-state index in [-0.39, 0.29) is 11.9 Å². The third-order valence-electron chi connectivity index (χ3n) is 4.23. The smallest absolute Gasteiger partial charge is 0.240 e. The Bertz CT molecular complexity index is 966. The molecule has 7 heteroatoms. The predicted molar refractivity (Wildman–Crippen MR) is 103 cm³/mol. The molecule has 0 aromatic heterocycles. The lowest BCUT2D eigenvalue weighted by molar-refractivity contribution is -0.130. The molecule has 0 fully saturated rings. The monoisotopic (exact) mass is 371 g/mol. The Labute approximate surface area is 153 Å². The number of rotatable bonds is 4. The van der Waals surface area contributed by atoms with Crippen molar-refractivity contribution < 1.29 is 13.2 Å².